The highest BCUT2D eigenvalue weighted by Crippen LogP contribution is 2.60. The number of hydrogen-bond acceptors (Lipinski definition) is 6. The maximum Gasteiger partial charge on any atom is 0.312 e. The van der Waals surface area contributed by atoms with Gasteiger partial charge in [-0.3, -0.25) is 14.4 Å². The number of anilines is 1. The number of likely N-dealkylation sites (tertiary alicyclic amines) is 1. The number of benzene rings is 2. The number of alkyl halides is 1. The minimum absolute atomic E-state index is 0.0442. The molecule has 212 valence electrons. The molecule has 3 aliphatic rings. The number of rotatable bonds is 12. The van der Waals surface area contributed by atoms with E-state index in [0.717, 1.165) is 23.6 Å². The molecule has 2 aromatic carbocycles. The third-order valence-corrected chi connectivity index (χ3v) is 9.15. The Bertz CT molecular complexity index is 1320. The van der Waals surface area contributed by atoms with E-state index in [-0.39, 0.29) is 42.9 Å². The summed E-state index contributed by atoms with van der Waals surface area (Å²) in [5.41, 5.74) is -0.552. The van der Waals surface area contributed by atoms with Crippen LogP contribution in [0.1, 0.15) is 25.7 Å². The topological polar surface area (TPSA) is 96.4 Å². The number of aliphatic hydroxyl groups excluding tert-OH is 1. The van der Waals surface area contributed by atoms with Crippen LogP contribution in [0.5, 0.6) is 0 Å². The molecule has 2 amide bonds. The number of esters is 1. The van der Waals surface area contributed by atoms with Crippen LogP contribution in [0.2, 0.25) is 0 Å². The molecular formula is C31H35BrN2O6. The van der Waals surface area contributed by atoms with Crippen molar-refractivity contribution in [3.05, 3.63) is 67.8 Å². The number of halogens is 1. The van der Waals surface area contributed by atoms with Crippen LogP contribution in [0.15, 0.2) is 67.8 Å². The van der Waals surface area contributed by atoms with Gasteiger partial charge in [-0.05, 0) is 48.6 Å². The van der Waals surface area contributed by atoms with Crippen molar-refractivity contribution in [3.8, 4) is 0 Å². The van der Waals surface area contributed by atoms with Gasteiger partial charge in [-0.1, -0.05) is 58.4 Å². The number of β-amino-alcohol motifs (C(OH)–C–C–N with tert-alkyl or cyclic N) is 1. The van der Waals surface area contributed by atoms with Crippen LogP contribution in [0.4, 0.5) is 5.69 Å². The standard InChI is InChI=1S/C31H35BrN2O6/c1-3-5-6-9-17-39-30(38)24-25-28(36)34(15-16-35)27(31(25)19-23(32)26(24)40-31)29(37)33(14-4-2)22-13-12-20-10-7-8-11-21(20)18-22/h3-4,7-8,10-13,18,23-27,35H,1-2,5-6,9,14-17,19H2/t23?,24-,25-,26-,27?,31?/m0/s1. The molecule has 2 bridgehead atoms. The molecule has 3 unspecified atom stereocenters. The molecule has 5 rings (SSSR count). The van der Waals surface area contributed by atoms with E-state index in [1.54, 1.807) is 11.0 Å². The van der Waals surface area contributed by atoms with Gasteiger partial charge in [-0.2, -0.15) is 0 Å². The van der Waals surface area contributed by atoms with Gasteiger partial charge >= 0.3 is 5.97 Å². The summed E-state index contributed by atoms with van der Waals surface area (Å²) < 4.78 is 12.1. The van der Waals surface area contributed by atoms with Crippen molar-refractivity contribution in [2.24, 2.45) is 11.8 Å². The van der Waals surface area contributed by atoms with Crippen LogP contribution in [0.3, 0.4) is 0 Å². The molecule has 9 heteroatoms. The predicted molar refractivity (Wildman–Crippen MR) is 156 cm³/mol. The molecular weight excluding hydrogens is 576 g/mol. The number of aliphatic hydroxyl groups is 1. The summed E-state index contributed by atoms with van der Waals surface area (Å²) in [5, 5.41) is 11.9. The lowest BCUT2D eigenvalue weighted by Crippen LogP contribution is -2.57. The van der Waals surface area contributed by atoms with Gasteiger partial charge in [-0.25, -0.2) is 0 Å². The van der Waals surface area contributed by atoms with Crippen LogP contribution < -0.4 is 4.90 Å². The SMILES string of the molecule is C=CCCCCOC(=O)[C@H]1[C@H]2C(=O)N(CCO)C(C(=O)N(CC=C)c3ccc4ccccc4c3)C23CC(Br)[C@@H]1O3. The third-order valence-electron chi connectivity index (χ3n) is 8.31. The first kappa shape index (κ1) is 28.5. The molecule has 3 aliphatic heterocycles. The molecule has 0 aromatic heterocycles. The number of nitrogens with zero attached hydrogens (tertiary/aromatic N) is 2. The number of carbonyl (C=O) groups excluding carboxylic acids is 3. The predicted octanol–water partition coefficient (Wildman–Crippen LogP) is 4.00. The fourth-order valence-electron chi connectivity index (χ4n) is 6.63. The maximum absolute atomic E-state index is 14.5. The number of hydrogen-bond donors (Lipinski definition) is 1. The van der Waals surface area contributed by atoms with Crippen molar-refractivity contribution in [1.82, 2.24) is 4.90 Å². The van der Waals surface area contributed by atoms with E-state index in [9.17, 15) is 19.5 Å². The van der Waals surface area contributed by atoms with E-state index in [1.807, 2.05) is 48.5 Å². The summed E-state index contributed by atoms with van der Waals surface area (Å²) in [7, 11) is 0. The van der Waals surface area contributed by atoms with E-state index < -0.39 is 35.6 Å². The van der Waals surface area contributed by atoms with E-state index >= 15 is 0 Å². The molecule has 6 atom stereocenters. The van der Waals surface area contributed by atoms with E-state index in [0.29, 0.717) is 18.5 Å². The lowest BCUT2D eigenvalue weighted by molar-refractivity contribution is -0.155. The molecule has 3 saturated heterocycles. The summed E-state index contributed by atoms with van der Waals surface area (Å²) in [6.07, 6.45) is 5.63. The Hall–Kier alpha value is -3.01. The molecule has 40 heavy (non-hydrogen) atoms. The van der Waals surface area contributed by atoms with Gasteiger partial charge in [0, 0.05) is 23.6 Å². The summed E-state index contributed by atoms with van der Waals surface area (Å²) >= 11 is 3.67. The van der Waals surface area contributed by atoms with Crippen molar-refractivity contribution < 1.29 is 29.0 Å². The average molecular weight is 612 g/mol. The Kier molecular flexibility index (Phi) is 8.44. The molecule has 3 fully saturated rings. The minimum Gasteiger partial charge on any atom is -0.465 e. The maximum atomic E-state index is 14.5. The molecule has 1 spiro atoms. The zero-order valence-electron chi connectivity index (χ0n) is 22.4. The largest absolute Gasteiger partial charge is 0.465 e. The fourth-order valence-corrected chi connectivity index (χ4v) is 7.57. The van der Waals surface area contributed by atoms with E-state index in [1.165, 1.54) is 4.90 Å². The van der Waals surface area contributed by atoms with Crippen LogP contribution in [0.25, 0.3) is 10.8 Å². The van der Waals surface area contributed by atoms with Crippen molar-refractivity contribution in [3.63, 3.8) is 0 Å². The molecule has 0 saturated carbocycles. The second-order valence-electron chi connectivity index (χ2n) is 10.6. The minimum atomic E-state index is -1.22. The normalized spacial score (nSPS) is 28.5. The number of carbonyl (C=O) groups is 3. The lowest BCUT2D eigenvalue weighted by Gasteiger charge is -2.37. The van der Waals surface area contributed by atoms with Gasteiger partial charge in [-0.15, -0.1) is 13.2 Å². The lowest BCUT2D eigenvalue weighted by atomic mass is 9.70. The zero-order valence-corrected chi connectivity index (χ0v) is 24.0. The Balaban J connectivity index is 1.48. The second-order valence-corrected chi connectivity index (χ2v) is 11.8. The fraction of sp³-hybridized carbons (Fsp3) is 0.452. The molecule has 1 N–H and O–H groups in total. The van der Waals surface area contributed by atoms with E-state index in [2.05, 4.69) is 29.1 Å². The summed E-state index contributed by atoms with van der Waals surface area (Å²) in [5.74, 6) is -2.88. The molecule has 0 radical (unpaired) electrons. The monoisotopic (exact) mass is 610 g/mol. The number of ether oxygens (including phenoxy) is 2. The molecule has 3 heterocycles. The quantitative estimate of drug-likeness (QED) is 0.169. The van der Waals surface area contributed by atoms with Crippen LogP contribution in [-0.4, -0.2) is 76.7 Å². The van der Waals surface area contributed by atoms with Crippen molar-refractivity contribution in [1.29, 1.82) is 0 Å². The summed E-state index contributed by atoms with van der Waals surface area (Å²) in [6.45, 7) is 7.65. The Morgan fingerprint density at radius 3 is 2.67 bits per heavy atom. The first-order chi connectivity index (χ1) is 19.4. The van der Waals surface area contributed by atoms with Crippen LogP contribution >= 0.6 is 15.9 Å². The second kappa shape index (κ2) is 11.8. The van der Waals surface area contributed by atoms with Crippen molar-refractivity contribution in [2.45, 2.75) is 48.3 Å². The van der Waals surface area contributed by atoms with Gasteiger partial charge < -0.3 is 24.4 Å². The Labute approximate surface area is 242 Å². The Morgan fingerprint density at radius 1 is 1.18 bits per heavy atom. The highest BCUT2D eigenvalue weighted by atomic mass is 79.9. The molecule has 2 aromatic rings. The first-order valence-corrected chi connectivity index (χ1v) is 14.7. The van der Waals surface area contributed by atoms with E-state index in [4.69, 9.17) is 9.47 Å². The number of amides is 2. The number of fused-ring (bicyclic) bond motifs is 2. The smallest absolute Gasteiger partial charge is 0.312 e. The third kappa shape index (κ3) is 4.78. The zero-order chi connectivity index (χ0) is 28.4. The van der Waals surface area contributed by atoms with Crippen molar-refractivity contribution >= 4 is 50.2 Å². The summed E-state index contributed by atoms with van der Waals surface area (Å²) in [6, 6.07) is 12.6. The molecule has 0 aliphatic carbocycles. The van der Waals surface area contributed by atoms with Gasteiger partial charge in [0.2, 0.25) is 5.91 Å². The van der Waals surface area contributed by atoms with Crippen LogP contribution in [0, 0.1) is 11.8 Å². The molecule has 8 nitrogen and oxygen atoms in total. The van der Waals surface area contributed by atoms with Gasteiger partial charge in [0.1, 0.15) is 11.6 Å². The number of allylic oxidation sites excluding steroid dienone is 1. The summed E-state index contributed by atoms with van der Waals surface area (Å²) in [4.78, 5) is 44.5. The average Bonchev–Trinajstić information content (AvgIpc) is 3.54. The van der Waals surface area contributed by atoms with Gasteiger partial charge in [0.05, 0.1) is 31.2 Å². The first-order valence-electron chi connectivity index (χ1n) is 13.8. The highest BCUT2D eigenvalue weighted by molar-refractivity contribution is 9.09. The highest BCUT2D eigenvalue weighted by Gasteiger charge is 2.77. The van der Waals surface area contributed by atoms with Gasteiger partial charge in [0.25, 0.3) is 5.91 Å². The number of unbranched alkanes of at least 4 members (excludes halogenated alkanes) is 2. The van der Waals surface area contributed by atoms with Crippen molar-refractivity contribution in [2.75, 3.05) is 31.2 Å². The van der Waals surface area contributed by atoms with Gasteiger partial charge in [0.15, 0.2) is 0 Å². The Morgan fingerprint density at radius 2 is 1.95 bits per heavy atom. The van der Waals surface area contributed by atoms with Crippen LogP contribution in [-0.2, 0) is 23.9 Å².